The summed E-state index contributed by atoms with van der Waals surface area (Å²) in [4.78, 5) is 37.4. The highest BCUT2D eigenvalue weighted by Crippen LogP contribution is 2.37. The number of aryl methyl sites for hydroxylation is 1. The fourth-order valence-corrected chi connectivity index (χ4v) is 4.64. The summed E-state index contributed by atoms with van der Waals surface area (Å²) in [6, 6.07) is 5.26. The fraction of sp³-hybridized carbons (Fsp3) is 0.263. The van der Waals surface area contributed by atoms with Gasteiger partial charge >= 0.3 is 5.76 Å². The van der Waals surface area contributed by atoms with Crippen molar-refractivity contribution in [3.8, 4) is 11.5 Å². The molecule has 0 bridgehead atoms. The number of hydrogen-bond donors (Lipinski definition) is 2. The molecule has 0 fully saturated rings. The molecule has 1 aromatic carbocycles. The number of carbonyl (C=O) groups excluding carboxylic acids is 2. The van der Waals surface area contributed by atoms with Gasteiger partial charge in [0.05, 0.1) is 5.56 Å². The van der Waals surface area contributed by atoms with Crippen molar-refractivity contribution in [2.24, 2.45) is 5.73 Å². The minimum Gasteiger partial charge on any atom is -0.388 e. The maximum absolute atomic E-state index is 13.0. The molecule has 29 heavy (non-hydrogen) atoms. The number of aromatic nitrogens is 2. The van der Waals surface area contributed by atoms with Gasteiger partial charge in [-0.3, -0.25) is 9.59 Å². The minimum atomic E-state index is -0.819. The number of nitrogens with zero attached hydrogens (tertiary/aromatic N) is 2. The van der Waals surface area contributed by atoms with Gasteiger partial charge in [0.2, 0.25) is 11.8 Å². The molecule has 2 aromatic heterocycles. The Balaban J connectivity index is 1.54. The summed E-state index contributed by atoms with van der Waals surface area (Å²) in [5, 5.41) is 7.04. The van der Waals surface area contributed by atoms with Crippen LogP contribution < -0.4 is 16.8 Å². The summed E-state index contributed by atoms with van der Waals surface area (Å²) in [5.41, 5.74) is 7.18. The maximum atomic E-state index is 13.0. The normalized spacial score (nSPS) is 13.1. The van der Waals surface area contributed by atoms with Crippen LogP contribution in [-0.2, 0) is 24.2 Å². The van der Waals surface area contributed by atoms with Crippen molar-refractivity contribution in [2.45, 2.75) is 32.2 Å². The van der Waals surface area contributed by atoms with Crippen LogP contribution in [0.4, 0.5) is 9.39 Å². The highest BCUT2D eigenvalue weighted by atomic mass is 32.1. The minimum absolute atomic E-state index is 0.0211. The predicted octanol–water partition coefficient (Wildman–Crippen LogP) is 2.32. The Morgan fingerprint density at radius 2 is 1.97 bits per heavy atom. The van der Waals surface area contributed by atoms with Gasteiger partial charge in [0, 0.05) is 10.4 Å². The third-order valence-electron chi connectivity index (χ3n) is 4.66. The first kappa shape index (κ1) is 19.1. The molecule has 3 aromatic rings. The van der Waals surface area contributed by atoms with Gasteiger partial charge in [-0.15, -0.1) is 16.4 Å². The third-order valence-corrected chi connectivity index (χ3v) is 5.87. The molecule has 150 valence electrons. The number of carbonyl (C=O) groups is 2. The van der Waals surface area contributed by atoms with Crippen LogP contribution in [0, 0.1) is 5.82 Å². The molecule has 0 aliphatic heterocycles. The average Bonchev–Trinajstić information content (AvgIpc) is 3.22. The van der Waals surface area contributed by atoms with E-state index in [9.17, 15) is 18.8 Å². The molecule has 0 unspecified atom stereocenters. The van der Waals surface area contributed by atoms with Crippen LogP contribution in [0.2, 0.25) is 0 Å². The Kier molecular flexibility index (Phi) is 5.01. The molecular weight excluding hydrogens is 399 g/mol. The number of nitrogens with one attached hydrogen (secondary N) is 1. The topological polar surface area (TPSA) is 120 Å². The van der Waals surface area contributed by atoms with Gasteiger partial charge in [-0.05, 0) is 55.5 Å². The molecule has 4 rings (SSSR count). The summed E-state index contributed by atoms with van der Waals surface area (Å²) in [6.07, 6.45) is 3.60. The van der Waals surface area contributed by atoms with Crippen molar-refractivity contribution < 1.29 is 18.4 Å². The van der Waals surface area contributed by atoms with E-state index in [1.165, 1.54) is 35.6 Å². The quantitative estimate of drug-likeness (QED) is 0.661. The lowest BCUT2D eigenvalue weighted by Crippen LogP contribution is -2.26. The number of thiophene rings is 1. The zero-order valence-corrected chi connectivity index (χ0v) is 16.1. The fourth-order valence-electron chi connectivity index (χ4n) is 3.33. The number of hydrogen-bond acceptors (Lipinski definition) is 6. The number of nitrogens with two attached hydrogens (primary N) is 1. The standard InChI is InChI=1S/C19H17FN4O4S/c20-11-7-5-10(6-8-11)17-23-24(19(27)28-17)9-14(25)22-18-15(16(21)26)12-3-1-2-4-13(12)29-18/h5-8H,1-4,9H2,(H2,21,26)(H,22,25). The van der Waals surface area contributed by atoms with E-state index in [-0.39, 0.29) is 5.89 Å². The number of amides is 2. The van der Waals surface area contributed by atoms with Crippen molar-refractivity contribution >= 4 is 28.2 Å². The summed E-state index contributed by atoms with van der Waals surface area (Å²) in [7, 11) is 0. The van der Waals surface area contributed by atoms with Crippen LogP contribution in [0.5, 0.6) is 0 Å². The molecule has 1 aliphatic carbocycles. The Morgan fingerprint density at radius 1 is 1.24 bits per heavy atom. The second kappa shape index (κ2) is 7.63. The molecule has 0 radical (unpaired) electrons. The molecule has 8 nitrogen and oxygen atoms in total. The summed E-state index contributed by atoms with van der Waals surface area (Å²) in [6.45, 7) is -0.399. The zero-order chi connectivity index (χ0) is 20.5. The van der Waals surface area contributed by atoms with E-state index in [2.05, 4.69) is 10.4 Å². The SMILES string of the molecule is NC(=O)c1c(NC(=O)Cn2nc(-c3ccc(F)cc3)oc2=O)sc2c1CCCC2. The molecule has 10 heteroatoms. The van der Waals surface area contributed by atoms with Crippen molar-refractivity contribution in [2.75, 3.05) is 5.32 Å². The van der Waals surface area contributed by atoms with E-state index in [0.29, 0.717) is 16.1 Å². The van der Waals surface area contributed by atoms with E-state index in [0.717, 1.165) is 40.8 Å². The number of rotatable bonds is 5. The molecular formula is C19H17FN4O4S. The first-order chi connectivity index (χ1) is 13.9. The molecule has 2 amide bonds. The van der Waals surface area contributed by atoms with Crippen molar-refractivity contribution in [1.82, 2.24) is 9.78 Å². The highest BCUT2D eigenvalue weighted by molar-refractivity contribution is 7.17. The molecule has 1 aliphatic rings. The summed E-state index contributed by atoms with van der Waals surface area (Å²) < 4.78 is 18.9. The Bertz CT molecular complexity index is 1150. The highest BCUT2D eigenvalue weighted by Gasteiger charge is 2.25. The van der Waals surface area contributed by atoms with Gasteiger partial charge in [0.25, 0.3) is 5.91 Å². The van der Waals surface area contributed by atoms with Gasteiger partial charge in [0.15, 0.2) is 0 Å². The van der Waals surface area contributed by atoms with Crippen molar-refractivity contribution in [1.29, 1.82) is 0 Å². The Morgan fingerprint density at radius 3 is 2.69 bits per heavy atom. The van der Waals surface area contributed by atoms with E-state index in [1.54, 1.807) is 0 Å². The number of anilines is 1. The molecule has 0 spiro atoms. The first-order valence-electron chi connectivity index (χ1n) is 9.00. The van der Waals surface area contributed by atoms with Gasteiger partial charge < -0.3 is 15.5 Å². The number of benzene rings is 1. The molecule has 0 saturated heterocycles. The lowest BCUT2D eigenvalue weighted by atomic mass is 9.95. The second-order valence-electron chi connectivity index (χ2n) is 6.67. The molecule has 0 saturated carbocycles. The molecule has 2 heterocycles. The Hall–Kier alpha value is -3.27. The van der Waals surface area contributed by atoms with Crippen LogP contribution >= 0.6 is 11.3 Å². The van der Waals surface area contributed by atoms with Gasteiger partial charge in [-0.1, -0.05) is 0 Å². The summed E-state index contributed by atoms with van der Waals surface area (Å²) >= 11 is 1.34. The Labute approximate surface area is 168 Å². The van der Waals surface area contributed by atoms with Crippen molar-refractivity contribution in [3.05, 3.63) is 56.6 Å². The third kappa shape index (κ3) is 3.83. The maximum Gasteiger partial charge on any atom is 0.437 e. The zero-order valence-electron chi connectivity index (χ0n) is 15.2. The smallest absolute Gasteiger partial charge is 0.388 e. The monoisotopic (exact) mass is 416 g/mol. The second-order valence-corrected chi connectivity index (χ2v) is 7.77. The van der Waals surface area contributed by atoms with E-state index >= 15 is 0 Å². The first-order valence-corrected chi connectivity index (χ1v) is 9.82. The largest absolute Gasteiger partial charge is 0.437 e. The molecule has 0 atom stereocenters. The van der Waals surface area contributed by atoms with Crippen molar-refractivity contribution in [3.63, 3.8) is 0 Å². The number of fused-ring (bicyclic) bond motifs is 1. The van der Waals surface area contributed by atoms with Crippen LogP contribution in [0.1, 0.15) is 33.6 Å². The van der Waals surface area contributed by atoms with E-state index in [4.69, 9.17) is 10.2 Å². The van der Waals surface area contributed by atoms with Gasteiger partial charge in [-0.2, -0.15) is 4.68 Å². The van der Waals surface area contributed by atoms with Crippen LogP contribution in [0.25, 0.3) is 11.5 Å². The number of primary amides is 1. The van der Waals surface area contributed by atoms with E-state index in [1.807, 2.05) is 0 Å². The summed E-state index contributed by atoms with van der Waals surface area (Å²) in [5.74, 6) is -2.39. The van der Waals surface area contributed by atoms with Gasteiger partial charge in [0.1, 0.15) is 17.4 Å². The lowest BCUT2D eigenvalue weighted by Gasteiger charge is -2.11. The van der Waals surface area contributed by atoms with E-state index < -0.39 is 29.9 Å². The molecule has 3 N–H and O–H groups in total. The van der Waals surface area contributed by atoms with Crippen LogP contribution in [0.3, 0.4) is 0 Å². The van der Waals surface area contributed by atoms with Crippen LogP contribution in [0.15, 0.2) is 33.5 Å². The van der Waals surface area contributed by atoms with Crippen LogP contribution in [-0.4, -0.2) is 21.6 Å². The predicted molar refractivity (Wildman–Crippen MR) is 104 cm³/mol. The number of halogens is 1. The van der Waals surface area contributed by atoms with Gasteiger partial charge in [-0.25, -0.2) is 9.18 Å². The lowest BCUT2D eigenvalue weighted by molar-refractivity contribution is -0.117. The average molecular weight is 416 g/mol.